The second-order valence-corrected chi connectivity index (χ2v) is 8.96. The van der Waals surface area contributed by atoms with Crippen molar-refractivity contribution >= 4 is 17.4 Å². The largest absolute Gasteiger partial charge is 0.493 e. The lowest BCUT2D eigenvalue weighted by Crippen LogP contribution is -2.44. The lowest BCUT2D eigenvalue weighted by Gasteiger charge is -2.32. The Hall–Kier alpha value is -2.29. The van der Waals surface area contributed by atoms with E-state index in [0.717, 1.165) is 78.5 Å². The number of benzene rings is 1. The minimum absolute atomic E-state index is 0.663. The van der Waals surface area contributed by atoms with E-state index in [9.17, 15) is 0 Å². The minimum Gasteiger partial charge on any atom is -0.493 e. The Balaban J connectivity index is 1.46. The van der Waals surface area contributed by atoms with E-state index >= 15 is 0 Å². The summed E-state index contributed by atoms with van der Waals surface area (Å²) in [5.74, 6) is 2.45. The van der Waals surface area contributed by atoms with Crippen molar-refractivity contribution in [3.05, 3.63) is 36.7 Å². The Morgan fingerprint density at radius 1 is 1.10 bits per heavy atom. The molecule has 0 atom stereocenters. The maximum Gasteiger partial charge on any atom is 0.174 e. The number of aromatic nitrogens is 3. The quantitative estimate of drug-likeness (QED) is 0.286. The van der Waals surface area contributed by atoms with Crippen LogP contribution in [0.5, 0.6) is 11.5 Å². The smallest absolute Gasteiger partial charge is 0.174 e. The van der Waals surface area contributed by atoms with E-state index in [1.807, 2.05) is 41.1 Å². The van der Waals surface area contributed by atoms with E-state index in [1.54, 1.807) is 18.9 Å². The summed E-state index contributed by atoms with van der Waals surface area (Å²) in [7, 11) is 3.86. The van der Waals surface area contributed by atoms with Gasteiger partial charge in [-0.3, -0.25) is 4.40 Å². The molecule has 1 aliphatic rings. The summed E-state index contributed by atoms with van der Waals surface area (Å²) in [5.41, 5.74) is 2.78. The molecule has 0 unspecified atom stereocenters. The highest BCUT2D eigenvalue weighted by Crippen LogP contribution is 2.33. The van der Waals surface area contributed by atoms with Crippen LogP contribution in [-0.2, 0) is 0 Å². The normalized spacial score (nSPS) is 15.5. The number of ether oxygens (including phenoxy) is 2. The molecule has 7 nitrogen and oxygen atoms in total. The van der Waals surface area contributed by atoms with Gasteiger partial charge in [-0.05, 0) is 37.4 Å². The standard InChI is InChI=1S/C23H31N5O2S/c1-4-31-23-25-19(17-22-24-8-10-28(22)23)18-6-7-20(29-3)21(16-18)30-15-5-9-27-13-11-26(2)12-14-27/h6-8,10,16-17H,4-5,9,11-15H2,1-3H3. The fourth-order valence-corrected chi connectivity index (χ4v) is 4.48. The third kappa shape index (κ3) is 5.31. The summed E-state index contributed by atoms with van der Waals surface area (Å²) >= 11 is 1.71. The first-order chi connectivity index (χ1) is 15.2. The number of rotatable bonds is 9. The SMILES string of the molecule is CCSc1nc(-c2ccc(OC)c(OCCCN3CCN(C)CC3)c2)cc2nccn12. The van der Waals surface area contributed by atoms with Crippen LogP contribution < -0.4 is 9.47 Å². The fraction of sp³-hybridized carbons (Fsp3) is 0.478. The molecule has 4 rings (SSSR count). The van der Waals surface area contributed by atoms with Crippen LogP contribution in [0.1, 0.15) is 13.3 Å². The van der Waals surface area contributed by atoms with Crippen molar-refractivity contribution in [1.82, 2.24) is 24.2 Å². The molecular formula is C23H31N5O2S. The Morgan fingerprint density at radius 3 is 2.71 bits per heavy atom. The van der Waals surface area contributed by atoms with Crippen molar-refractivity contribution in [3.63, 3.8) is 0 Å². The predicted molar refractivity (Wildman–Crippen MR) is 125 cm³/mol. The third-order valence-electron chi connectivity index (χ3n) is 5.56. The van der Waals surface area contributed by atoms with Crippen LogP contribution >= 0.6 is 11.8 Å². The van der Waals surface area contributed by atoms with Crippen molar-refractivity contribution in [2.45, 2.75) is 18.5 Å². The third-order valence-corrected chi connectivity index (χ3v) is 6.40. The molecule has 3 heterocycles. The zero-order valence-corrected chi connectivity index (χ0v) is 19.4. The van der Waals surface area contributed by atoms with Gasteiger partial charge >= 0.3 is 0 Å². The van der Waals surface area contributed by atoms with Crippen LogP contribution in [0.2, 0.25) is 0 Å². The molecule has 0 spiro atoms. The van der Waals surface area contributed by atoms with Crippen LogP contribution in [0.15, 0.2) is 41.8 Å². The van der Waals surface area contributed by atoms with E-state index < -0.39 is 0 Å². The van der Waals surface area contributed by atoms with E-state index in [1.165, 1.54) is 0 Å². The summed E-state index contributed by atoms with van der Waals surface area (Å²) in [5, 5.41) is 0.943. The number of imidazole rings is 1. The maximum absolute atomic E-state index is 6.14. The van der Waals surface area contributed by atoms with Gasteiger partial charge in [0.2, 0.25) is 0 Å². The van der Waals surface area contributed by atoms with Crippen LogP contribution in [0.25, 0.3) is 16.9 Å². The van der Waals surface area contributed by atoms with Gasteiger partial charge in [-0.15, -0.1) is 0 Å². The van der Waals surface area contributed by atoms with Gasteiger partial charge in [-0.25, -0.2) is 9.97 Å². The molecule has 0 amide bonds. The highest BCUT2D eigenvalue weighted by molar-refractivity contribution is 7.99. The zero-order valence-electron chi connectivity index (χ0n) is 18.6. The minimum atomic E-state index is 0.663. The summed E-state index contributed by atoms with van der Waals surface area (Å²) < 4.78 is 13.7. The van der Waals surface area contributed by atoms with Gasteiger partial charge in [0.15, 0.2) is 16.7 Å². The molecule has 0 aliphatic carbocycles. The maximum atomic E-state index is 6.14. The van der Waals surface area contributed by atoms with Gasteiger partial charge in [-0.1, -0.05) is 18.7 Å². The fourth-order valence-electron chi connectivity index (χ4n) is 3.76. The van der Waals surface area contributed by atoms with Gasteiger partial charge in [0, 0.05) is 56.7 Å². The van der Waals surface area contributed by atoms with Gasteiger partial charge in [0.25, 0.3) is 0 Å². The number of likely N-dealkylation sites (N-methyl/N-ethyl adjacent to an activating group) is 1. The van der Waals surface area contributed by atoms with Crippen molar-refractivity contribution in [2.75, 3.05) is 59.2 Å². The number of hydrogen-bond donors (Lipinski definition) is 0. The molecule has 2 aromatic heterocycles. The van der Waals surface area contributed by atoms with Crippen LogP contribution in [0.4, 0.5) is 0 Å². The average molecular weight is 442 g/mol. The summed E-state index contributed by atoms with van der Waals surface area (Å²) in [6, 6.07) is 8.02. The molecule has 0 bridgehead atoms. The number of methoxy groups -OCH3 is 1. The Morgan fingerprint density at radius 2 is 1.94 bits per heavy atom. The van der Waals surface area contributed by atoms with Crippen LogP contribution in [0, 0.1) is 0 Å². The van der Waals surface area contributed by atoms with Crippen LogP contribution in [-0.4, -0.2) is 83.4 Å². The van der Waals surface area contributed by atoms with Crippen molar-refractivity contribution < 1.29 is 9.47 Å². The predicted octanol–water partition coefficient (Wildman–Crippen LogP) is 3.53. The molecule has 3 aromatic rings. The van der Waals surface area contributed by atoms with E-state index in [4.69, 9.17) is 14.5 Å². The molecule has 0 N–H and O–H groups in total. The second-order valence-electron chi connectivity index (χ2n) is 7.72. The lowest BCUT2D eigenvalue weighted by atomic mass is 10.1. The molecule has 0 saturated carbocycles. The Kier molecular flexibility index (Phi) is 7.32. The molecule has 8 heteroatoms. The number of thioether (sulfide) groups is 1. The average Bonchev–Trinajstić information content (AvgIpc) is 3.27. The van der Waals surface area contributed by atoms with Crippen molar-refractivity contribution in [1.29, 1.82) is 0 Å². The molecule has 31 heavy (non-hydrogen) atoms. The van der Waals surface area contributed by atoms with E-state index in [-0.39, 0.29) is 0 Å². The van der Waals surface area contributed by atoms with Crippen LogP contribution in [0.3, 0.4) is 0 Å². The number of hydrogen-bond acceptors (Lipinski definition) is 7. The lowest BCUT2D eigenvalue weighted by molar-refractivity contribution is 0.145. The van der Waals surface area contributed by atoms with Crippen molar-refractivity contribution in [3.8, 4) is 22.8 Å². The first-order valence-electron chi connectivity index (χ1n) is 10.9. The summed E-state index contributed by atoms with van der Waals surface area (Å²) in [6.45, 7) is 8.40. The van der Waals surface area contributed by atoms with Gasteiger partial charge in [0.05, 0.1) is 19.4 Å². The number of fused-ring (bicyclic) bond motifs is 1. The van der Waals surface area contributed by atoms with Crippen molar-refractivity contribution in [2.24, 2.45) is 0 Å². The van der Waals surface area contributed by atoms with E-state index in [0.29, 0.717) is 6.61 Å². The second kappa shape index (κ2) is 10.3. The monoisotopic (exact) mass is 441 g/mol. The molecule has 166 valence electrons. The summed E-state index contributed by atoms with van der Waals surface area (Å²) in [6.07, 6.45) is 4.75. The highest BCUT2D eigenvalue weighted by Gasteiger charge is 2.14. The zero-order chi connectivity index (χ0) is 21.6. The Labute approximate surface area is 188 Å². The van der Waals surface area contributed by atoms with Gasteiger partial charge < -0.3 is 19.3 Å². The number of piperazine rings is 1. The van der Waals surface area contributed by atoms with Gasteiger partial charge in [-0.2, -0.15) is 0 Å². The topological polar surface area (TPSA) is 55.1 Å². The molecular weight excluding hydrogens is 410 g/mol. The number of nitrogens with zero attached hydrogens (tertiary/aromatic N) is 5. The Bertz CT molecular complexity index is 1000. The van der Waals surface area contributed by atoms with Gasteiger partial charge in [0.1, 0.15) is 5.65 Å². The molecule has 1 aliphatic heterocycles. The molecule has 1 fully saturated rings. The molecule has 1 aromatic carbocycles. The summed E-state index contributed by atoms with van der Waals surface area (Å²) in [4.78, 5) is 14.2. The first kappa shape index (κ1) is 21.9. The first-order valence-corrected chi connectivity index (χ1v) is 11.9. The highest BCUT2D eigenvalue weighted by atomic mass is 32.2. The molecule has 1 saturated heterocycles. The van der Waals surface area contributed by atoms with E-state index in [2.05, 4.69) is 28.8 Å². The molecule has 0 radical (unpaired) electrons.